The van der Waals surface area contributed by atoms with Crippen molar-refractivity contribution in [3.05, 3.63) is 114 Å². The zero-order chi connectivity index (χ0) is 18.7. The van der Waals surface area contributed by atoms with Crippen molar-refractivity contribution in [1.29, 1.82) is 0 Å². The lowest BCUT2D eigenvalue weighted by molar-refractivity contribution is 0.589. The number of benzene rings is 3. The zero-order valence-electron chi connectivity index (χ0n) is 14.4. The van der Waals surface area contributed by atoms with Gasteiger partial charge < -0.3 is 5.09 Å². The summed E-state index contributed by atoms with van der Waals surface area (Å²) in [5.41, 5.74) is 2.66. The molecule has 0 unspecified atom stereocenters. The van der Waals surface area contributed by atoms with Crippen LogP contribution >= 0.6 is 19.1 Å². The highest BCUT2D eigenvalue weighted by Gasteiger charge is 2.26. The Morgan fingerprint density at radius 3 is 1.67 bits per heavy atom. The number of hydrogen-bond acceptors (Lipinski definition) is 2. The van der Waals surface area contributed by atoms with Crippen LogP contribution in [0.25, 0.3) is 9.81 Å². The van der Waals surface area contributed by atoms with E-state index in [0.29, 0.717) is 5.69 Å². The number of nitrogens with one attached hydrogen (secondary N) is 1. The van der Waals surface area contributed by atoms with E-state index in [4.69, 9.17) is 0 Å². The summed E-state index contributed by atoms with van der Waals surface area (Å²) in [4.78, 5) is 1.88. The van der Waals surface area contributed by atoms with E-state index in [0.717, 1.165) is 20.9 Å². The van der Waals surface area contributed by atoms with E-state index in [2.05, 4.69) is 5.09 Å². The van der Waals surface area contributed by atoms with E-state index >= 15 is 0 Å². The summed E-state index contributed by atoms with van der Waals surface area (Å²) in [6.07, 6.45) is 0. The van der Waals surface area contributed by atoms with Crippen LogP contribution in [-0.4, -0.2) is 0 Å². The minimum absolute atomic E-state index is 0.320. The molecule has 1 N–H and O–H groups in total. The molecule has 0 atom stereocenters. The SMILES string of the molecule is O=P1(Nc2ccc(F)cc2)C=C(c2ccccc2)SC(c2ccccc2)=C1. The van der Waals surface area contributed by atoms with Gasteiger partial charge >= 0.3 is 0 Å². The molecule has 2 nitrogen and oxygen atoms in total. The highest BCUT2D eigenvalue weighted by molar-refractivity contribution is 8.17. The van der Waals surface area contributed by atoms with Gasteiger partial charge in [0.05, 0.1) is 0 Å². The Kier molecular flexibility index (Phi) is 5.02. The van der Waals surface area contributed by atoms with E-state index in [-0.39, 0.29) is 5.82 Å². The Labute approximate surface area is 162 Å². The standard InChI is InChI=1S/C22H17FNOPS/c23-19-11-13-20(14-12-19)24-26(25)15-21(17-7-3-1-4-8-17)27-22(16-26)18-9-5-2-6-10-18/h1-16H,(H,24,25). The maximum Gasteiger partial charge on any atom is 0.215 e. The summed E-state index contributed by atoms with van der Waals surface area (Å²) >= 11 is 1.60. The maximum absolute atomic E-state index is 13.7. The number of rotatable bonds is 4. The van der Waals surface area contributed by atoms with Crippen LogP contribution in [0.15, 0.2) is 96.6 Å². The predicted octanol–water partition coefficient (Wildman–Crippen LogP) is 7.26. The summed E-state index contributed by atoms with van der Waals surface area (Å²) in [7, 11) is -3.01. The molecular formula is C22H17FNOPS. The Morgan fingerprint density at radius 2 is 1.19 bits per heavy atom. The molecule has 134 valence electrons. The molecule has 27 heavy (non-hydrogen) atoms. The molecule has 0 spiro atoms. The Bertz CT molecular complexity index is 987. The lowest BCUT2D eigenvalue weighted by Gasteiger charge is -2.23. The topological polar surface area (TPSA) is 29.1 Å². The number of halogens is 1. The van der Waals surface area contributed by atoms with E-state index in [1.807, 2.05) is 60.7 Å². The smallest absolute Gasteiger partial charge is 0.215 e. The average Bonchev–Trinajstić information content (AvgIpc) is 2.70. The molecule has 0 aromatic heterocycles. The Morgan fingerprint density at radius 1 is 0.704 bits per heavy atom. The van der Waals surface area contributed by atoms with E-state index < -0.39 is 7.29 Å². The highest BCUT2D eigenvalue weighted by atomic mass is 32.2. The predicted molar refractivity (Wildman–Crippen MR) is 114 cm³/mol. The zero-order valence-corrected chi connectivity index (χ0v) is 16.1. The third kappa shape index (κ3) is 4.24. The van der Waals surface area contributed by atoms with Crippen LogP contribution in [0.5, 0.6) is 0 Å². The first kappa shape index (κ1) is 17.8. The quantitative estimate of drug-likeness (QED) is 0.473. The minimum atomic E-state index is -3.01. The van der Waals surface area contributed by atoms with Crippen LogP contribution in [0.4, 0.5) is 10.1 Å². The number of hydrogen-bond donors (Lipinski definition) is 1. The van der Waals surface area contributed by atoms with Crippen LogP contribution in [0.1, 0.15) is 11.1 Å². The van der Waals surface area contributed by atoms with Crippen molar-refractivity contribution >= 4 is 34.6 Å². The first-order valence-corrected chi connectivity index (χ1v) is 11.2. The first-order chi connectivity index (χ1) is 13.1. The Balaban J connectivity index is 1.76. The largest absolute Gasteiger partial charge is 0.330 e. The summed E-state index contributed by atoms with van der Waals surface area (Å²) in [5, 5.41) is 3.11. The van der Waals surface area contributed by atoms with Gasteiger partial charge in [0.1, 0.15) is 5.82 Å². The fourth-order valence-electron chi connectivity index (χ4n) is 2.82. The molecule has 0 bridgehead atoms. The van der Waals surface area contributed by atoms with Gasteiger partial charge in [0.15, 0.2) is 0 Å². The number of thioether (sulfide) groups is 1. The van der Waals surface area contributed by atoms with Crippen molar-refractivity contribution in [3.63, 3.8) is 0 Å². The van der Waals surface area contributed by atoms with Crippen molar-refractivity contribution in [2.24, 2.45) is 0 Å². The molecule has 0 saturated heterocycles. The third-order valence-electron chi connectivity index (χ3n) is 4.10. The van der Waals surface area contributed by atoms with Crippen molar-refractivity contribution in [2.45, 2.75) is 0 Å². The van der Waals surface area contributed by atoms with Crippen LogP contribution in [0, 0.1) is 5.82 Å². The van der Waals surface area contributed by atoms with Crippen molar-refractivity contribution in [3.8, 4) is 0 Å². The van der Waals surface area contributed by atoms with Gasteiger partial charge in [-0.15, -0.1) is 0 Å². The molecule has 0 saturated carbocycles. The molecule has 1 aliphatic rings. The summed E-state index contributed by atoms with van der Waals surface area (Å²) < 4.78 is 26.9. The second-order valence-electron chi connectivity index (χ2n) is 6.15. The first-order valence-electron chi connectivity index (χ1n) is 8.49. The molecule has 0 aliphatic carbocycles. The average molecular weight is 393 g/mol. The normalized spacial score (nSPS) is 15.6. The molecule has 3 aromatic rings. The lowest BCUT2D eigenvalue weighted by atomic mass is 10.2. The Hall–Kier alpha value is -2.55. The van der Waals surface area contributed by atoms with Gasteiger partial charge in [-0.1, -0.05) is 72.4 Å². The van der Waals surface area contributed by atoms with Crippen LogP contribution in [0.2, 0.25) is 0 Å². The minimum Gasteiger partial charge on any atom is -0.330 e. The summed E-state index contributed by atoms with van der Waals surface area (Å²) in [6, 6.07) is 25.7. The lowest BCUT2D eigenvalue weighted by Crippen LogP contribution is -1.98. The van der Waals surface area contributed by atoms with Crippen LogP contribution in [0.3, 0.4) is 0 Å². The van der Waals surface area contributed by atoms with Gasteiger partial charge in [-0.3, -0.25) is 4.57 Å². The molecule has 0 radical (unpaired) electrons. The molecule has 0 fully saturated rings. The van der Waals surface area contributed by atoms with E-state index in [1.54, 1.807) is 35.5 Å². The highest BCUT2D eigenvalue weighted by Crippen LogP contribution is 2.60. The van der Waals surface area contributed by atoms with Crippen molar-refractivity contribution < 1.29 is 8.96 Å². The third-order valence-corrected chi connectivity index (χ3v) is 7.49. The number of anilines is 1. The fraction of sp³-hybridized carbons (Fsp3) is 0. The van der Waals surface area contributed by atoms with Gasteiger partial charge in [-0.2, -0.15) is 0 Å². The second-order valence-corrected chi connectivity index (χ2v) is 9.39. The van der Waals surface area contributed by atoms with Gasteiger partial charge in [-0.05, 0) is 35.4 Å². The fourth-order valence-corrected chi connectivity index (χ4v) is 6.68. The maximum atomic E-state index is 13.7. The summed E-state index contributed by atoms with van der Waals surface area (Å²) in [5.74, 6) is 3.27. The molecule has 5 heteroatoms. The molecule has 1 heterocycles. The molecule has 1 aliphatic heterocycles. The molecule has 3 aromatic carbocycles. The van der Waals surface area contributed by atoms with Crippen LogP contribution in [-0.2, 0) is 4.57 Å². The van der Waals surface area contributed by atoms with Crippen LogP contribution < -0.4 is 5.09 Å². The van der Waals surface area contributed by atoms with E-state index in [9.17, 15) is 8.96 Å². The second kappa shape index (κ2) is 7.59. The van der Waals surface area contributed by atoms with Gasteiger partial charge in [-0.25, -0.2) is 4.39 Å². The van der Waals surface area contributed by atoms with Gasteiger partial charge in [0.25, 0.3) is 0 Å². The van der Waals surface area contributed by atoms with Gasteiger partial charge in [0.2, 0.25) is 7.29 Å². The molecule has 0 amide bonds. The van der Waals surface area contributed by atoms with Gasteiger partial charge in [0, 0.05) is 27.1 Å². The monoisotopic (exact) mass is 393 g/mol. The molecular weight excluding hydrogens is 376 g/mol. The summed E-state index contributed by atoms with van der Waals surface area (Å²) in [6.45, 7) is 0. The van der Waals surface area contributed by atoms with Crippen molar-refractivity contribution in [2.75, 3.05) is 5.09 Å². The van der Waals surface area contributed by atoms with E-state index in [1.165, 1.54) is 12.1 Å². The molecule has 4 rings (SSSR count). The van der Waals surface area contributed by atoms with Crippen molar-refractivity contribution in [1.82, 2.24) is 0 Å².